The van der Waals surface area contributed by atoms with E-state index in [0.29, 0.717) is 11.5 Å². The summed E-state index contributed by atoms with van der Waals surface area (Å²) in [6.07, 6.45) is 4.76. The van der Waals surface area contributed by atoms with Crippen LogP contribution in [-0.4, -0.2) is 38.2 Å². The van der Waals surface area contributed by atoms with Gasteiger partial charge in [0.2, 0.25) is 0 Å². The van der Waals surface area contributed by atoms with Crippen molar-refractivity contribution in [2.24, 2.45) is 0 Å². The maximum atomic E-state index is 12.7. The third-order valence-corrected chi connectivity index (χ3v) is 3.66. The minimum atomic E-state index is -0.751. The summed E-state index contributed by atoms with van der Waals surface area (Å²) in [5.41, 5.74) is -0.193. The molecule has 10 heteroatoms. The molecule has 0 saturated heterocycles. The largest absolute Gasteiger partial charge is 0.462 e. The number of pyridine rings is 1. The van der Waals surface area contributed by atoms with E-state index in [1.54, 1.807) is 43.7 Å². The summed E-state index contributed by atoms with van der Waals surface area (Å²) in [7, 11) is 0. The zero-order chi connectivity index (χ0) is 20.1. The molecule has 0 radical (unpaired) electrons. The normalized spacial score (nSPS) is 10.3. The predicted octanol–water partition coefficient (Wildman–Crippen LogP) is 2.60. The lowest BCUT2D eigenvalue weighted by atomic mass is 10.1. The second-order valence-corrected chi connectivity index (χ2v) is 5.53. The van der Waals surface area contributed by atoms with E-state index < -0.39 is 22.5 Å². The summed E-state index contributed by atoms with van der Waals surface area (Å²) < 4.78 is 6.33. The first kappa shape index (κ1) is 18.7. The highest BCUT2D eigenvalue weighted by molar-refractivity contribution is 6.07. The van der Waals surface area contributed by atoms with Crippen molar-refractivity contribution in [3.63, 3.8) is 0 Å². The van der Waals surface area contributed by atoms with E-state index in [1.807, 2.05) is 0 Å². The van der Waals surface area contributed by atoms with E-state index in [4.69, 9.17) is 4.74 Å². The third kappa shape index (κ3) is 4.01. The van der Waals surface area contributed by atoms with Crippen LogP contribution in [0.1, 0.15) is 27.6 Å². The first-order chi connectivity index (χ1) is 13.5. The number of benzene rings is 1. The number of non-ortho nitro benzene ring substituents is 1. The van der Waals surface area contributed by atoms with Crippen LogP contribution in [0.3, 0.4) is 0 Å². The molecule has 10 nitrogen and oxygen atoms in total. The zero-order valence-electron chi connectivity index (χ0n) is 14.7. The Morgan fingerprint density at radius 1 is 1.21 bits per heavy atom. The number of nitrogens with zero attached hydrogens (tertiary/aromatic N) is 4. The number of esters is 1. The quantitative estimate of drug-likeness (QED) is 0.395. The molecule has 1 aromatic carbocycles. The van der Waals surface area contributed by atoms with Gasteiger partial charge in [0.1, 0.15) is 0 Å². The highest BCUT2D eigenvalue weighted by Gasteiger charge is 2.19. The van der Waals surface area contributed by atoms with Crippen LogP contribution in [0.4, 0.5) is 11.4 Å². The lowest BCUT2D eigenvalue weighted by molar-refractivity contribution is -0.384. The number of hydrogen-bond acceptors (Lipinski definition) is 7. The molecule has 0 atom stereocenters. The molecule has 0 aliphatic carbocycles. The Hall–Kier alpha value is -4.08. The maximum absolute atomic E-state index is 12.7. The zero-order valence-corrected chi connectivity index (χ0v) is 14.7. The topological polar surface area (TPSA) is 129 Å². The number of hydrogen-bond donors (Lipinski definition) is 1. The van der Waals surface area contributed by atoms with E-state index in [2.05, 4.69) is 15.4 Å². The minimum Gasteiger partial charge on any atom is -0.462 e. The van der Waals surface area contributed by atoms with Crippen LogP contribution < -0.4 is 5.32 Å². The highest BCUT2D eigenvalue weighted by atomic mass is 16.6. The lowest BCUT2D eigenvalue weighted by Gasteiger charge is -2.10. The maximum Gasteiger partial charge on any atom is 0.338 e. The standard InChI is InChI=1S/C18H15N5O5/c1-2-28-18(25)13-9-12(10-14(11-13)23(26)27)17(24)21-15-5-3-6-19-16(15)22-8-4-7-20-22/h3-11H,2H2,1H3,(H,21,24). The number of nitrogens with one attached hydrogen (secondary N) is 1. The Kier molecular flexibility index (Phi) is 5.40. The molecule has 0 unspecified atom stereocenters. The SMILES string of the molecule is CCOC(=O)c1cc(C(=O)Nc2cccnc2-n2cccn2)cc([N+](=O)[O-])c1. The van der Waals surface area contributed by atoms with Gasteiger partial charge in [-0.1, -0.05) is 0 Å². The van der Waals surface area contributed by atoms with Gasteiger partial charge >= 0.3 is 5.97 Å². The molecule has 0 aliphatic rings. The van der Waals surface area contributed by atoms with Crippen molar-refractivity contribution >= 4 is 23.3 Å². The average molecular weight is 381 g/mol. The van der Waals surface area contributed by atoms with Gasteiger partial charge in [0, 0.05) is 36.3 Å². The number of ether oxygens (including phenoxy) is 1. The van der Waals surface area contributed by atoms with Crippen molar-refractivity contribution < 1.29 is 19.2 Å². The molecule has 0 fully saturated rings. The predicted molar refractivity (Wildman–Crippen MR) is 98.4 cm³/mol. The van der Waals surface area contributed by atoms with Crippen LogP contribution in [0, 0.1) is 10.1 Å². The summed E-state index contributed by atoms with van der Waals surface area (Å²) in [5.74, 6) is -1.02. The van der Waals surface area contributed by atoms with E-state index in [1.165, 1.54) is 10.7 Å². The van der Waals surface area contributed by atoms with Gasteiger partial charge in [0.25, 0.3) is 11.6 Å². The van der Waals surface area contributed by atoms with Gasteiger partial charge < -0.3 is 10.1 Å². The van der Waals surface area contributed by atoms with Gasteiger partial charge in [-0.2, -0.15) is 5.10 Å². The Morgan fingerprint density at radius 2 is 2.00 bits per heavy atom. The van der Waals surface area contributed by atoms with Crippen LogP contribution in [0.25, 0.3) is 5.82 Å². The molecule has 28 heavy (non-hydrogen) atoms. The molecule has 0 bridgehead atoms. The number of amides is 1. The highest BCUT2D eigenvalue weighted by Crippen LogP contribution is 2.21. The number of nitro groups is 1. The molecule has 1 amide bonds. The molecule has 1 N–H and O–H groups in total. The fourth-order valence-electron chi connectivity index (χ4n) is 2.45. The van der Waals surface area contributed by atoms with Crippen molar-refractivity contribution in [1.82, 2.24) is 14.8 Å². The van der Waals surface area contributed by atoms with Crippen molar-refractivity contribution in [2.45, 2.75) is 6.92 Å². The van der Waals surface area contributed by atoms with Crippen molar-refractivity contribution in [1.29, 1.82) is 0 Å². The molecule has 3 aromatic rings. The Morgan fingerprint density at radius 3 is 2.68 bits per heavy atom. The number of carbonyl (C=O) groups is 2. The lowest BCUT2D eigenvalue weighted by Crippen LogP contribution is -2.16. The van der Waals surface area contributed by atoms with Crippen molar-refractivity contribution in [3.8, 4) is 5.82 Å². The average Bonchev–Trinajstić information content (AvgIpc) is 3.22. The summed E-state index contributed by atoms with van der Waals surface area (Å²) in [4.78, 5) is 39.3. The number of rotatable bonds is 6. The Balaban J connectivity index is 1.95. The van der Waals surface area contributed by atoms with Crippen LogP contribution in [0.15, 0.2) is 55.0 Å². The molecule has 3 rings (SSSR count). The molecule has 2 heterocycles. The number of aromatic nitrogens is 3. The molecule has 2 aromatic heterocycles. The summed E-state index contributed by atoms with van der Waals surface area (Å²) in [5, 5.41) is 17.9. The Labute approximate surface area is 158 Å². The minimum absolute atomic E-state index is 0.0625. The van der Waals surface area contributed by atoms with E-state index in [0.717, 1.165) is 12.1 Å². The number of nitro benzene ring substituents is 1. The molecule has 0 saturated carbocycles. The number of carbonyl (C=O) groups excluding carboxylic acids is 2. The van der Waals surface area contributed by atoms with Crippen molar-refractivity contribution in [2.75, 3.05) is 11.9 Å². The monoisotopic (exact) mass is 381 g/mol. The van der Waals surface area contributed by atoms with Crippen LogP contribution in [0.5, 0.6) is 0 Å². The molecule has 0 aliphatic heterocycles. The summed E-state index contributed by atoms with van der Waals surface area (Å²) in [6.45, 7) is 1.72. The molecule has 0 spiro atoms. The van der Waals surface area contributed by atoms with Crippen LogP contribution >= 0.6 is 0 Å². The van der Waals surface area contributed by atoms with Gasteiger partial charge in [-0.05, 0) is 31.2 Å². The second kappa shape index (κ2) is 8.08. The van der Waals surface area contributed by atoms with E-state index in [-0.39, 0.29) is 17.7 Å². The summed E-state index contributed by atoms with van der Waals surface area (Å²) >= 11 is 0. The van der Waals surface area contributed by atoms with E-state index in [9.17, 15) is 19.7 Å². The first-order valence-electron chi connectivity index (χ1n) is 8.22. The molecular formula is C18H15N5O5. The van der Waals surface area contributed by atoms with Crippen LogP contribution in [-0.2, 0) is 4.74 Å². The van der Waals surface area contributed by atoms with Gasteiger partial charge in [-0.15, -0.1) is 0 Å². The van der Waals surface area contributed by atoms with Crippen LogP contribution in [0.2, 0.25) is 0 Å². The Bertz CT molecular complexity index is 1030. The van der Waals surface area contributed by atoms with E-state index >= 15 is 0 Å². The second-order valence-electron chi connectivity index (χ2n) is 5.53. The number of anilines is 1. The van der Waals surface area contributed by atoms with Gasteiger partial charge in [0.05, 0.1) is 22.8 Å². The first-order valence-corrected chi connectivity index (χ1v) is 8.22. The smallest absolute Gasteiger partial charge is 0.338 e. The van der Waals surface area contributed by atoms with Crippen molar-refractivity contribution in [3.05, 3.63) is 76.2 Å². The summed E-state index contributed by atoms with van der Waals surface area (Å²) in [6, 6.07) is 8.33. The van der Waals surface area contributed by atoms with Gasteiger partial charge in [-0.25, -0.2) is 14.5 Å². The fourth-order valence-corrected chi connectivity index (χ4v) is 2.45. The molecular weight excluding hydrogens is 366 g/mol. The molecule has 142 valence electrons. The fraction of sp³-hybridized carbons (Fsp3) is 0.111. The van der Waals surface area contributed by atoms with Gasteiger partial charge in [0.15, 0.2) is 5.82 Å². The van der Waals surface area contributed by atoms with Gasteiger partial charge in [-0.3, -0.25) is 14.9 Å². The third-order valence-electron chi connectivity index (χ3n) is 3.66.